The molecule has 1 aliphatic rings. The highest BCUT2D eigenvalue weighted by atomic mass is 16.5. The van der Waals surface area contributed by atoms with Gasteiger partial charge in [-0.3, -0.25) is 4.79 Å². The van der Waals surface area contributed by atoms with Crippen molar-refractivity contribution in [3.05, 3.63) is 59.7 Å². The summed E-state index contributed by atoms with van der Waals surface area (Å²) in [4.78, 5) is 22.6. The van der Waals surface area contributed by atoms with Crippen LogP contribution in [-0.2, 0) is 9.53 Å². The van der Waals surface area contributed by atoms with Crippen molar-refractivity contribution >= 4 is 12.1 Å². The molecule has 0 saturated carbocycles. The average Bonchev–Trinajstić information content (AvgIpc) is 3.12. The molecule has 1 aliphatic carbocycles. The van der Waals surface area contributed by atoms with Gasteiger partial charge in [-0.25, -0.2) is 4.79 Å². The maximum absolute atomic E-state index is 12.1. The Balaban J connectivity index is 1.29. The van der Waals surface area contributed by atoms with Crippen LogP contribution in [0.1, 0.15) is 68.4 Å². The fourth-order valence-electron chi connectivity index (χ4n) is 4.04. The number of aliphatic carboxylic acids is 1. The van der Waals surface area contributed by atoms with Gasteiger partial charge in [0.15, 0.2) is 0 Å². The van der Waals surface area contributed by atoms with Crippen LogP contribution in [0.25, 0.3) is 11.1 Å². The van der Waals surface area contributed by atoms with Gasteiger partial charge in [0, 0.05) is 31.7 Å². The number of unbranched alkanes of at least 4 members (excludes halogenated alkanes) is 5. The molecular weight excluding hydrogens is 402 g/mol. The second kappa shape index (κ2) is 12.6. The molecule has 0 aliphatic heterocycles. The highest BCUT2D eigenvalue weighted by Gasteiger charge is 2.28. The van der Waals surface area contributed by atoms with Gasteiger partial charge >= 0.3 is 12.1 Å². The summed E-state index contributed by atoms with van der Waals surface area (Å²) in [6.07, 6.45) is 5.94. The minimum Gasteiger partial charge on any atom is -0.481 e. The first kappa shape index (κ1) is 23.4. The topological polar surface area (TPSA) is 75.6 Å². The van der Waals surface area contributed by atoms with E-state index in [4.69, 9.17) is 9.84 Å². The summed E-state index contributed by atoms with van der Waals surface area (Å²) < 4.78 is 5.52. The Labute approximate surface area is 190 Å². The zero-order valence-electron chi connectivity index (χ0n) is 18.4. The fourth-order valence-corrected chi connectivity index (χ4v) is 4.04. The number of fused-ring (bicyclic) bond motifs is 3. The Bertz CT molecular complexity index is 927. The number of hydrogen-bond donors (Lipinski definition) is 2. The molecule has 32 heavy (non-hydrogen) atoms. The quantitative estimate of drug-likeness (QED) is 0.350. The van der Waals surface area contributed by atoms with Gasteiger partial charge in [-0.15, -0.1) is 11.8 Å². The molecule has 0 bridgehead atoms. The van der Waals surface area contributed by atoms with Gasteiger partial charge in [-0.2, -0.15) is 0 Å². The number of hydrogen-bond acceptors (Lipinski definition) is 3. The molecule has 5 heteroatoms. The first-order valence-electron chi connectivity index (χ1n) is 11.4. The van der Waals surface area contributed by atoms with Crippen LogP contribution in [0.4, 0.5) is 4.79 Å². The number of carboxylic acid groups (broad SMARTS) is 1. The molecule has 0 atom stereocenters. The first-order chi connectivity index (χ1) is 15.7. The molecule has 2 aromatic rings. The third kappa shape index (κ3) is 6.88. The minimum atomic E-state index is -0.725. The SMILES string of the molecule is O=C(O)CCCCCCC#CCCCNC(=O)OCC1c2ccccc2-c2ccccc21. The van der Waals surface area contributed by atoms with Crippen molar-refractivity contribution in [3.8, 4) is 23.0 Å². The monoisotopic (exact) mass is 433 g/mol. The number of alkyl carbamates (subject to hydrolysis) is 1. The van der Waals surface area contributed by atoms with Crippen molar-refractivity contribution in [2.45, 2.75) is 57.3 Å². The van der Waals surface area contributed by atoms with Gasteiger partial charge in [0.2, 0.25) is 0 Å². The van der Waals surface area contributed by atoms with Crippen LogP contribution in [0.5, 0.6) is 0 Å². The van der Waals surface area contributed by atoms with E-state index < -0.39 is 5.97 Å². The number of ether oxygens (including phenoxy) is 1. The molecular formula is C27H31NO4. The van der Waals surface area contributed by atoms with E-state index in [0.717, 1.165) is 44.9 Å². The third-order valence-corrected chi connectivity index (χ3v) is 5.66. The van der Waals surface area contributed by atoms with E-state index in [9.17, 15) is 9.59 Å². The minimum absolute atomic E-state index is 0.0724. The van der Waals surface area contributed by atoms with Crippen molar-refractivity contribution in [2.24, 2.45) is 0 Å². The average molecular weight is 434 g/mol. The zero-order valence-corrected chi connectivity index (χ0v) is 18.4. The number of benzene rings is 2. The van der Waals surface area contributed by atoms with Crippen LogP contribution >= 0.6 is 0 Å². The van der Waals surface area contributed by atoms with E-state index in [-0.39, 0.29) is 18.4 Å². The van der Waals surface area contributed by atoms with Gasteiger partial charge in [0.1, 0.15) is 6.61 Å². The molecule has 0 unspecified atom stereocenters. The van der Waals surface area contributed by atoms with Crippen molar-refractivity contribution in [3.63, 3.8) is 0 Å². The van der Waals surface area contributed by atoms with Crippen molar-refractivity contribution in [1.82, 2.24) is 5.32 Å². The van der Waals surface area contributed by atoms with Crippen LogP contribution in [-0.4, -0.2) is 30.3 Å². The fraction of sp³-hybridized carbons (Fsp3) is 0.407. The highest BCUT2D eigenvalue weighted by Crippen LogP contribution is 2.44. The molecule has 0 spiro atoms. The largest absolute Gasteiger partial charge is 0.481 e. The summed E-state index contributed by atoms with van der Waals surface area (Å²) in [6.45, 7) is 0.868. The predicted octanol–water partition coefficient (Wildman–Crippen LogP) is 5.73. The molecule has 0 aromatic heterocycles. The lowest BCUT2D eigenvalue weighted by Gasteiger charge is -2.14. The van der Waals surface area contributed by atoms with Gasteiger partial charge in [0.25, 0.3) is 0 Å². The van der Waals surface area contributed by atoms with Crippen LogP contribution in [0, 0.1) is 11.8 Å². The predicted molar refractivity (Wildman–Crippen MR) is 125 cm³/mol. The van der Waals surface area contributed by atoms with Crippen LogP contribution in [0.15, 0.2) is 48.5 Å². The highest BCUT2D eigenvalue weighted by molar-refractivity contribution is 5.79. The number of amides is 1. The maximum atomic E-state index is 12.1. The van der Waals surface area contributed by atoms with E-state index in [1.54, 1.807) is 0 Å². The Hall–Kier alpha value is -3.26. The smallest absolute Gasteiger partial charge is 0.407 e. The molecule has 5 nitrogen and oxygen atoms in total. The van der Waals surface area contributed by atoms with Gasteiger partial charge in [-0.05, 0) is 41.5 Å². The third-order valence-electron chi connectivity index (χ3n) is 5.66. The standard InChI is InChI=1S/C27H31NO4/c29-26(30)18-8-6-4-2-1-3-5-7-13-19-28-27(31)32-20-25-23-16-11-9-14-21(23)22-15-10-12-17-24(22)25/h9-12,14-17,25H,1-2,4,6-8,13,18-20H2,(H,28,31)(H,29,30). The molecule has 0 radical (unpaired) electrons. The lowest BCUT2D eigenvalue weighted by atomic mass is 9.98. The zero-order chi connectivity index (χ0) is 22.6. The van der Waals surface area contributed by atoms with E-state index in [1.165, 1.54) is 22.3 Å². The summed E-state index contributed by atoms with van der Waals surface area (Å²) in [5.41, 5.74) is 4.85. The van der Waals surface area contributed by atoms with Crippen LogP contribution < -0.4 is 5.32 Å². The summed E-state index contributed by atoms with van der Waals surface area (Å²) in [5.74, 6) is 5.62. The van der Waals surface area contributed by atoms with Gasteiger partial charge in [-0.1, -0.05) is 61.4 Å². The molecule has 168 valence electrons. The maximum Gasteiger partial charge on any atom is 0.407 e. The summed E-state index contributed by atoms with van der Waals surface area (Å²) in [5, 5.41) is 11.4. The van der Waals surface area contributed by atoms with E-state index in [2.05, 4.69) is 41.4 Å². The molecule has 0 saturated heterocycles. The van der Waals surface area contributed by atoms with Gasteiger partial charge < -0.3 is 15.2 Å². The number of carboxylic acids is 1. The summed E-state index contributed by atoms with van der Waals surface area (Å²) >= 11 is 0. The molecule has 0 fully saturated rings. The van der Waals surface area contributed by atoms with Gasteiger partial charge in [0.05, 0.1) is 0 Å². The Morgan fingerprint density at radius 3 is 2.09 bits per heavy atom. The normalized spacial score (nSPS) is 11.8. The number of nitrogens with one attached hydrogen (secondary N) is 1. The number of carbonyl (C=O) groups is 2. The van der Waals surface area contributed by atoms with Crippen LogP contribution in [0.3, 0.4) is 0 Å². The molecule has 2 N–H and O–H groups in total. The molecule has 2 aromatic carbocycles. The Kier molecular flexibility index (Phi) is 9.19. The number of carbonyl (C=O) groups excluding carboxylic acids is 1. The van der Waals surface area contributed by atoms with Crippen molar-refractivity contribution in [1.29, 1.82) is 0 Å². The number of rotatable bonds is 11. The Morgan fingerprint density at radius 2 is 1.44 bits per heavy atom. The second-order valence-electron chi connectivity index (χ2n) is 8.02. The Morgan fingerprint density at radius 1 is 0.844 bits per heavy atom. The lowest BCUT2D eigenvalue weighted by molar-refractivity contribution is -0.137. The van der Waals surface area contributed by atoms with E-state index in [0.29, 0.717) is 13.2 Å². The van der Waals surface area contributed by atoms with E-state index >= 15 is 0 Å². The molecule has 3 rings (SSSR count). The second-order valence-corrected chi connectivity index (χ2v) is 8.02. The van der Waals surface area contributed by atoms with Crippen LogP contribution in [0.2, 0.25) is 0 Å². The first-order valence-corrected chi connectivity index (χ1v) is 11.4. The lowest BCUT2D eigenvalue weighted by Crippen LogP contribution is -2.26. The van der Waals surface area contributed by atoms with Crippen molar-refractivity contribution < 1.29 is 19.4 Å². The molecule has 0 heterocycles. The molecule has 1 amide bonds. The van der Waals surface area contributed by atoms with E-state index in [1.807, 2.05) is 24.3 Å². The summed E-state index contributed by atoms with van der Waals surface area (Å²) in [6, 6.07) is 16.6. The summed E-state index contributed by atoms with van der Waals surface area (Å²) in [7, 11) is 0. The van der Waals surface area contributed by atoms with Crippen molar-refractivity contribution in [2.75, 3.05) is 13.2 Å².